The summed E-state index contributed by atoms with van der Waals surface area (Å²) in [7, 11) is 0. The van der Waals surface area contributed by atoms with Crippen LogP contribution in [0, 0.1) is 0 Å². The first-order valence-electron chi connectivity index (χ1n) is 3.83. The van der Waals surface area contributed by atoms with Crippen molar-refractivity contribution in [3.63, 3.8) is 0 Å². The maximum Gasteiger partial charge on any atom is 0.231 e. The zero-order valence-electron chi connectivity index (χ0n) is 6.42. The summed E-state index contributed by atoms with van der Waals surface area (Å²) in [6, 6.07) is 0. The van der Waals surface area contributed by atoms with Crippen molar-refractivity contribution >= 4 is 5.91 Å². The van der Waals surface area contributed by atoms with Crippen molar-refractivity contribution in [3.8, 4) is 0 Å². The molecule has 1 saturated heterocycles. The van der Waals surface area contributed by atoms with E-state index in [1.807, 2.05) is 4.90 Å². The van der Waals surface area contributed by atoms with Crippen LogP contribution in [0.15, 0.2) is 0 Å². The van der Waals surface area contributed by atoms with Crippen LogP contribution >= 0.6 is 0 Å². The van der Waals surface area contributed by atoms with Crippen molar-refractivity contribution < 1.29 is 9.18 Å². The lowest BCUT2D eigenvalue weighted by molar-refractivity contribution is -0.119. The summed E-state index contributed by atoms with van der Waals surface area (Å²) >= 11 is 0. The van der Waals surface area contributed by atoms with Gasteiger partial charge in [-0.2, -0.15) is 0 Å². The Morgan fingerprint density at radius 1 is 1.55 bits per heavy atom. The molecule has 0 unspecified atom stereocenters. The van der Waals surface area contributed by atoms with Crippen LogP contribution in [0.2, 0.25) is 0 Å². The highest BCUT2D eigenvalue weighted by Gasteiger charge is 2.18. The van der Waals surface area contributed by atoms with E-state index in [1.165, 1.54) is 0 Å². The summed E-state index contributed by atoms with van der Waals surface area (Å²) < 4.78 is 12.6. The average molecular weight is 160 g/mol. The minimum absolute atomic E-state index is 0.271. The van der Waals surface area contributed by atoms with E-state index in [-0.39, 0.29) is 12.5 Å². The molecule has 0 saturated carbocycles. The Labute approximate surface area is 65.3 Å². The van der Waals surface area contributed by atoms with Crippen molar-refractivity contribution in [2.75, 3.05) is 19.6 Å². The van der Waals surface area contributed by atoms with E-state index in [1.54, 1.807) is 0 Å². The quantitative estimate of drug-likeness (QED) is 0.613. The molecule has 0 spiro atoms. The number of nitrogens with two attached hydrogens (primary N) is 1. The highest BCUT2D eigenvalue weighted by atomic mass is 19.1. The Morgan fingerprint density at radius 3 is 2.55 bits per heavy atom. The molecule has 0 aromatic carbocycles. The molecule has 64 valence electrons. The predicted molar refractivity (Wildman–Crippen MR) is 39.8 cm³/mol. The van der Waals surface area contributed by atoms with Crippen LogP contribution in [0.3, 0.4) is 0 Å². The van der Waals surface area contributed by atoms with E-state index >= 15 is 0 Å². The van der Waals surface area contributed by atoms with Gasteiger partial charge in [-0.1, -0.05) is 0 Å². The second kappa shape index (κ2) is 3.67. The van der Waals surface area contributed by atoms with Gasteiger partial charge in [-0.15, -0.1) is 0 Å². The van der Waals surface area contributed by atoms with Crippen LogP contribution in [0.25, 0.3) is 0 Å². The number of halogens is 1. The molecule has 0 bridgehead atoms. The van der Waals surface area contributed by atoms with Gasteiger partial charge in [0.25, 0.3) is 0 Å². The monoisotopic (exact) mass is 160 g/mol. The van der Waals surface area contributed by atoms with Gasteiger partial charge in [0.2, 0.25) is 5.91 Å². The van der Waals surface area contributed by atoms with Gasteiger partial charge in [0.15, 0.2) is 0 Å². The molecular weight excluding hydrogens is 147 g/mol. The van der Waals surface area contributed by atoms with Gasteiger partial charge < -0.3 is 5.73 Å². The van der Waals surface area contributed by atoms with Gasteiger partial charge in [-0.3, -0.25) is 9.69 Å². The van der Waals surface area contributed by atoms with E-state index in [0.717, 1.165) is 0 Å². The number of nitrogens with zero attached hydrogens (tertiary/aromatic N) is 1. The van der Waals surface area contributed by atoms with E-state index in [0.29, 0.717) is 25.9 Å². The van der Waals surface area contributed by atoms with E-state index < -0.39 is 6.17 Å². The highest BCUT2D eigenvalue weighted by molar-refractivity contribution is 5.75. The molecular formula is C7H13FN2O. The summed E-state index contributed by atoms with van der Waals surface area (Å²) in [5, 5.41) is 0. The molecule has 0 aromatic heterocycles. The summed E-state index contributed by atoms with van der Waals surface area (Å²) in [6.45, 7) is 1.58. The molecule has 2 N–H and O–H groups in total. The predicted octanol–water partition coefficient (Wildman–Crippen LogP) is -0.0944. The molecule has 1 amide bonds. The fourth-order valence-electron chi connectivity index (χ4n) is 1.28. The third-order valence-corrected chi connectivity index (χ3v) is 1.90. The lowest BCUT2D eigenvalue weighted by Crippen LogP contribution is -2.40. The normalized spacial score (nSPS) is 21.9. The van der Waals surface area contributed by atoms with Crippen molar-refractivity contribution in [2.45, 2.75) is 19.0 Å². The highest BCUT2D eigenvalue weighted by Crippen LogP contribution is 2.12. The first-order valence-corrected chi connectivity index (χ1v) is 3.83. The molecule has 3 nitrogen and oxygen atoms in total. The molecule has 1 fully saturated rings. The molecule has 0 aliphatic carbocycles. The Kier molecular flexibility index (Phi) is 2.82. The summed E-state index contributed by atoms with van der Waals surface area (Å²) in [6.07, 6.45) is 0.389. The van der Waals surface area contributed by atoms with Crippen LogP contribution < -0.4 is 5.73 Å². The summed E-state index contributed by atoms with van der Waals surface area (Å²) in [4.78, 5) is 12.3. The van der Waals surface area contributed by atoms with Gasteiger partial charge in [-0.05, 0) is 12.8 Å². The number of hydrogen-bond donors (Lipinski definition) is 1. The van der Waals surface area contributed by atoms with Gasteiger partial charge in [0.05, 0.1) is 6.54 Å². The Bertz CT molecular complexity index is 143. The smallest absolute Gasteiger partial charge is 0.231 e. The number of likely N-dealkylation sites (tertiary alicyclic amines) is 1. The number of hydrogen-bond acceptors (Lipinski definition) is 2. The number of primary amides is 1. The molecule has 1 aliphatic heterocycles. The molecule has 1 aliphatic rings. The van der Waals surface area contributed by atoms with Crippen LogP contribution in [0.4, 0.5) is 4.39 Å². The number of piperidine rings is 1. The lowest BCUT2D eigenvalue weighted by Gasteiger charge is -2.26. The van der Waals surface area contributed by atoms with Gasteiger partial charge in [0.1, 0.15) is 6.17 Å². The largest absolute Gasteiger partial charge is 0.369 e. The van der Waals surface area contributed by atoms with E-state index in [2.05, 4.69) is 0 Å². The SMILES string of the molecule is NC(=O)CN1CCC(F)CC1. The van der Waals surface area contributed by atoms with E-state index in [4.69, 9.17) is 5.73 Å². The first-order chi connectivity index (χ1) is 5.18. The maximum atomic E-state index is 12.6. The van der Waals surface area contributed by atoms with Gasteiger partial charge in [-0.25, -0.2) is 4.39 Å². The second-order valence-electron chi connectivity index (χ2n) is 2.92. The first kappa shape index (κ1) is 8.46. The van der Waals surface area contributed by atoms with E-state index in [9.17, 15) is 9.18 Å². The average Bonchev–Trinajstić information content (AvgIpc) is 1.93. The topological polar surface area (TPSA) is 46.3 Å². The maximum absolute atomic E-state index is 12.6. The van der Waals surface area contributed by atoms with Crippen LogP contribution in [0.5, 0.6) is 0 Å². The van der Waals surface area contributed by atoms with Crippen LogP contribution in [-0.4, -0.2) is 36.6 Å². The third-order valence-electron chi connectivity index (χ3n) is 1.90. The Hall–Kier alpha value is -0.640. The minimum atomic E-state index is -0.681. The molecule has 1 heterocycles. The van der Waals surface area contributed by atoms with Crippen molar-refractivity contribution in [1.29, 1.82) is 0 Å². The van der Waals surface area contributed by atoms with Gasteiger partial charge >= 0.3 is 0 Å². The number of rotatable bonds is 2. The zero-order valence-corrected chi connectivity index (χ0v) is 6.42. The Balaban J connectivity index is 2.22. The van der Waals surface area contributed by atoms with Crippen LogP contribution in [-0.2, 0) is 4.79 Å². The standard InChI is InChI=1S/C7H13FN2O/c8-6-1-3-10(4-2-6)5-7(9)11/h6H,1-5H2,(H2,9,11). The van der Waals surface area contributed by atoms with Crippen molar-refractivity contribution in [2.24, 2.45) is 5.73 Å². The molecule has 0 aromatic rings. The zero-order chi connectivity index (χ0) is 8.27. The fraction of sp³-hybridized carbons (Fsp3) is 0.857. The molecule has 0 atom stereocenters. The van der Waals surface area contributed by atoms with Crippen LogP contribution in [0.1, 0.15) is 12.8 Å². The minimum Gasteiger partial charge on any atom is -0.369 e. The number of carbonyl (C=O) groups is 1. The number of alkyl halides is 1. The third kappa shape index (κ3) is 2.84. The molecule has 4 heteroatoms. The molecule has 0 radical (unpaired) electrons. The summed E-state index contributed by atoms with van der Waals surface area (Å²) in [5.74, 6) is -0.331. The van der Waals surface area contributed by atoms with Crippen molar-refractivity contribution in [3.05, 3.63) is 0 Å². The molecule has 11 heavy (non-hydrogen) atoms. The number of amides is 1. The van der Waals surface area contributed by atoms with Gasteiger partial charge in [0, 0.05) is 13.1 Å². The second-order valence-corrected chi connectivity index (χ2v) is 2.92. The summed E-state index contributed by atoms with van der Waals surface area (Å²) in [5.41, 5.74) is 4.98. The fourth-order valence-corrected chi connectivity index (χ4v) is 1.28. The van der Waals surface area contributed by atoms with Crippen molar-refractivity contribution in [1.82, 2.24) is 4.90 Å². The Morgan fingerprint density at radius 2 is 2.09 bits per heavy atom. The number of carbonyl (C=O) groups excluding carboxylic acids is 1. The lowest BCUT2D eigenvalue weighted by atomic mass is 10.1. The molecule has 1 rings (SSSR count).